The highest BCUT2D eigenvalue weighted by molar-refractivity contribution is 7.93. The molecule has 2 aliphatic carbocycles. The van der Waals surface area contributed by atoms with Crippen molar-refractivity contribution >= 4 is 9.84 Å². The van der Waals surface area contributed by atoms with E-state index in [4.69, 9.17) is 0 Å². The summed E-state index contributed by atoms with van der Waals surface area (Å²) in [5, 5.41) is 0. The molecule has 3 heteroatoms. The van der Waals surface area contributed by atoms with Crippen LogP contribution >= 0.6 is 0 Å². The predicted octanol–water partition coefficient (Wildman–Crippen LogP) is 3.76. The molecule has 2 aliphatic rings. The van der Waals surface area contributed by atoms with Crippen molar-refractivity contribution in [3.05, 3.63) is 54.6 Å². The first kappa shape index (κ1) is 13.6. The number of hydrogen-bond acceptors (Lipinski definition) is 2. The van der Waals surface area contributed by atoms with Gasteiger partial charge in [0.05, 0.1) is 4.90 Å². The van der Waals surface area contributed by atoms with E-state index in [0.29, 0.717) is 11.3 Å². The van der Waals surface area contributed by atoms with Gasteiger partial charge in [-0.25, -0.2) is 8.42 Å². The first-order chi connectivity index (χ1) is 9.54. The highest BCUT2D eigenvalue weighted by atomic mass is 32.2. The number of rotatable bonds is 4. The van der Waals surface area contributed by atoms with Gasteiger partial charge in [-0.3, -0.25) is 0 Å². The summed E-state index contributed by atoms with van der Waals surface area (Å²) in [5.41, 5.74) is 0.899. The molecule has 0 radical (unpaired) electrons. The van der Waals surface area contributed by atoms with Crippen LogP contribution in [0.2, 0.25) is 0 Å². The molecule has 2 bridgehead atoms. The van der Waals surface area contributed by atoms with Crippen LogP contribution in [0.1, 0.15) is 26.2 Å². The maximum Gasteiger partial charge on any atom is 0.188 e. The Morgan fingerprint density at radius 1 is 1.25 bits per heavy atom. The third-order valence-corrected chi connectivity index (χ3v) is 7.45. The molecule has 0 saturated heterocycles. The van der Waals surface area contributed by atoms with E-state index in [1.165, 1.54) is 0 Å². The lowest BCUT2D eigenvalue weighted by molar-refractivity contribution is 0.465. The van der Waals surface area contributed by atoms with Crippen LogP contribution in [0, 0.1) is 11.8 Å². The molecule has 20 heavy (non-hydrogen) atoms. The zero-order chi connectivity index (χ0) is 14.4. The van der Waals surface area contributed by atoms with Gasteiger partial charge in [0.1, 0.15) is 4.75 Å². The summed E-state index contributed by atoms with van der Waals surface area (Å²) in [4.78, 5) is 0.426. The monoisotopic (exact) mass is 288 g/mol. The van der Waals surface area contributed by atoms with E-state index in [1.807, 2.05) is 13.0 Å². The van der Waals surface area contributed by atoms with Gasteiger partial charge in [0.2, 0.25) is 0 Å². The van der Waals surface area contributed by atoms with Crippen molar-refractivity contribution in [2.45, 2.75) is 35.8 Å². The van der Waals surface area contributed by atoms with Gasteiger partial charge in [0.25, 0.3) is 0 Å². The van der Waals surface area contributed by atoms with Crippen LogP contribution in [0.25, 0.3) is 0 Å². The lowest BCUT2D eigenvalue weighted by atomic mass is 9.85. The molecule has 0 spiro atoms. The smallest absolute Gasteiger partial charge is 0.188 e. The second kappa shape index (κ2) is 4.59. The molecular weight excluding hydrogens is 268 g/mol. The minimum Gasteiger partial charge on any atom is -0.223 e. The zero-order valence-electron chi connectivity index (χ0n) is 11.7. The van der Waals surface area contributed by atoms with Crippen LogP contribution in [0.15, 0.2) is 59.5 Å². The second-order valence-corrected chi connectivity index (χ2v) is 8.02. The van der Waals surface area contributed by atoms with E-state index in [2.05, 4.69) is 18.7 Å². The van der Waals surface area contributed by atoms with Crippen molar-refractivity contribution in [2.24, 2.45) is 11.8 Å². The largest absolute Gasteiger partial charge is 0.223 e. The fourth-order valence-electron chi connectivity index (χ4n) is 3.89. The maximum atomic E-state index is 13.3. The first-order valence-corrected chi connectivity index (χ1v) is 8.69. The summed E-state index contributed by atoms with van der Waals surface area (Å²) in [5.74, 6) is 0.329. The van der Waals surface area contributed by atoms with Crippen LogP contribution in [-0.2, 0) is 9.84 Å². The van der Waals surface area contributed by atoms with E-state index in [1.54, 1.807) is 24.3 Å². The van der Waals surface area contributed by atoms with Gasteiger partial charge in [-0.1, -0.05) is 50.3 Å². The summed E-state index contributed by atoms with van der Waals surface area (Å²) in [6.45, 7) is 6.22. The fraction of sp³-hybridized carbons (Fsp3) is 0.412. The molecule has 0 amide bonds. The van der Waals surface area contributed by atoms with Crippen molar-refractivity contribution in [3.8, 4) is 0 Å². The molecular formula is C17H20O2S. The fourth-order valence-corrected chi connectivity index (χ4v) is 6.37. The molecule has 0 heterocycles. The van der Waals surface area contributed by atoms with Gasteiger partial charge in [-0.2, -0.15) is 0 Å². The van der Waals surface area contributed by atoms with Crippen molar-refractivity contribution in [3.63, 3.8) is 0 Å². The number of allylic oxidation sites excluding steroid dienone is 2. The van der Waals surface area contributed by atoms with Crippen molar-refractivity contribution < 1.29 is 8.42 Å². The number of sulfone groups is 1. The Hall–Kier alpha value is -1.35. The summed E-state index contributed by atoms with van der Waals surface area (Å²) >= 11 is 0. The van der Waals surface area contributed by atoms with Crippen molar-refractivity contribution in [1.29, 1.82) is 0 Å². The number of fused-ring (bicyclic) bond motifs is 2. The summed E-state index contributed by atoms with van der Waals surface area (Å²) in [7, 11) is -3.39. The van der Waals surface area contributed by atoms with Crippen LogP contribution in [0.3, 0.4) is 0 Å². The maximum absolute atomic E-state index is 13.3. The van der Waals surface area contributed by atoms with Crippen molar-refractivity contribution in [1.82, 2.24) is 0 Å². The van der Waals surface area contributed by atoms with E-state index in [9.17, 15) is 8.42 Å². The topological polar surface area (TPSA) is 34.1 Å². The van der Waals surface area contributed by atoms with Gasteiger partial charge in [-0.05, 0) is 36.5 Å². The summed E-state index contributed by atoms with van der Waals surface area (Å²) in [6, 6.07) is 8.84. The Balaban J connectivity index is 2.18. The molecule has 2 nitrogen and oxygen atoms in total. The lowest BCUT2D eigenvalue weighted by Crippen LogP contribution is -2.44. The second-order valence-electron chi connectivity index (χ2n) is 5.81. The quantitative estimate of drug-likeness (QED) is 0.791. The molecule has 3 rings (SSSR count). The normalized spacial score (nSPS) is 31.9. The third-order valence-electron chi connectivity index (χ3n) is 4.83. The first-order valence-electron chi connectivity index (χ1n) is 7.21. The molecule has 0 N–H and O–H groups in total. The van der Waals surface area contributed by atoms with Gasteiger partial charge in [-0.15, -0.1) is 0 Å². The SMILES string of the molecule is C=C1[C@H]2C=C[C@H](C2)[C@@]1(CCC)S(=O)(=O)c1ccccc1. The van der Waals surface area contributed by atoms with Gasteiger partial charge < -0.3 is 0 Å². The molecule has 0 aliphatic heterocycles. The minimum absolute atomic E-state index is 0.0881. The summed E-state index contributed by atoms with van der Waals surface area (Å²) in [6.07, 6.45) is 6.64. The molecule has 106 valence electrons. The van der Waals surface area contributed by atoms with Gasteiger partial charge in [0.15, 0.2) is 9.84 Å². The Morgan fingerprint density at radius 2 is 1.95 bits per heavy atom. The zero-order valence-corrected chi connectivity index (χ0v) is 12.6. The predicted molar refractivity (Wildman–Crippen MR) is 81.1 cm³/mol. The van der Waals surface area contributed by atoms with E-state index in [0.717, 1.165) is 18.4 Å². The number of hydrogen-bond donors (Lipinski definition) is 0. The van der Waals surface area contributed by atoms with Crippen LogP contribution in [0.4, 0.5) is 0 Å². The average Bonchev–Trinajstić information content (AvgIpc) is 3.03. The molecule has 3 atom stereocenters. The van der Waals surface area contributed by atoms with E-state index >= 15 is 0 Å². The molecule has 1 fully saturated rings. The molecule has 1 aromatic rings. The van der Waals surface area contributed by atoms with Crippen LogP contribution < -0.4 is 0 Å². The molecule has 0 unspecified atom stereocenters. The highest BCUT2D eigenvalue weighted by Crippen LogP contribution is 2.57. The Morgan fingerprint density at radius 3 is 2.50 bits per heavy atom. The Bertz CT molecular complexity index is 657. The molecule has 1 aromatic carbocycles. The van der Waals surface area contributed by atoms with Crippen LogP contribution in [0.5, 0.6) is 0 Å². The van der Waals surface area contributed by atoms with Gasteiger partial charge in [0, 0.05) is 5.92 Å². The van der Waals surface area contributed by atoms with E-state index in [-0.39, 0.29) is 11.8 Å². The highest BCUT2D eigenvalue weighted by Gasteiger charge is 2.58. The summed E-state index contributed by atoms with van der Waals surface area (Å²) < 4.78 is 25.7. The van der Waals surface area contributed by atoms with Crippen LogP contribution in [-0.4, -0.2) is 13.2 Å². The Kier molecular flexibility index (Phi) is 3.13. The minimum atomic E-state index is -3.39. The Labute approximate surface area is 121 Å². The number of benzene rings is 1. The lowest BCUT2D eigenvalue weighted by Gasteiger charge is -2.36. The molecule has 1 saturated carbocycles. The van der Waals surface area contributed by atoms with Gasteiger partial charge >= 0.3 is 0 Å². The third kappa shape index (κ3) is 1.59. The average molecular weight is 288 g/mol. The standard InChI is InChI=1S/C17H20O2S/c1-3-11-17(13(2)14-9-10-15(17)12-14)20(18,19)16-7-5-4-6-8-16/h4-10,14-15H,2-3,11-12H2,1H3/t14-,15+,17-/m0/s1. The molecule has 0 aromatic heterocycles. The van der Waals surface area contributed by atoms with E-state index < -0.39 is 14.6 Å². The van der Waals surface area contributed by atoms with Crippen molar-refractivity contribution in [2.75, 3.05) is 0 Å².